The Morgan fingerprint density at radius 2 is 2.29 bits per heavy atom. The zero-order valence-electron chi connectivity index (χ0n) is 11.9. The number of nitrogens with zero attached hydrogens (tertiary/aromatic N) is 1. The van der Waals surface area contributed by atoms with E-state index in [2.05, 4.69) is 0 Å². The smallest absolute Gasteiger partial charge is 0.354 e. The van der Waals surface area contributed by atoms with Gasteiger partial charge in [0.05, 0.1) is 18.2 Å². The van der Waals surface area contributed by atoms with Gasteiger partial charge in [-0.25, -0.2) is 4.79 Å². The van der Waals surface area contributed by atoms with Gasteiger partial charge in [-0.05, 0) is 38.3 Å². The zero-order valence-corrected chi connectivity index (χ0v) is 12.7. The third-order valence-electron chi connectivity index (χ3n) is 3.99. The number of halogens is 1. The van der Waals surface area contributed by atoms with Gasteiger partial charge in [0.1, 0.15) is 5.69 Å². The average molecular weight is 308 g/mol. The SMILES string of the molecule is CCOC(=O)c1cc2c(Cl)ccc3c2n1CCCCC3O. The Morgan fingerprint density at radius 1 is 1.48 bits per heavy atom. The highest BCUT2D eigenvalue weighted by Gasteiger charge is 2.24. The van der Waals surface area contributed by atoms with Crippen molar-refractivity contribution in [1.29, 1.82) is 0 Å². The molecule has 1 aliphatic rings. The zero-order chi connectivity index (χ0) is 15.0. The van der Waals surface area contributed by atoms with E-state index >= 15 is 0 Å². The highest BCUT2D eigenvalue weighted by Crippen LogP contribution is 2.36. The van der Waals surface area contributed by atoms with Gasteiger partial charge >= 0.3 is 5.97 Å². The Kier molecular flexibility index (Phi) is 3.91. The van der Waals surface area contributed by atoms with Gasteiger partial charge in [-0.2, -0.15) is 0 Å². The summed E-state index contributed by atoms with van der Waals surface area (Å²) in [5.74, 6) is -0.342. The number of aliphatic hydroxyl groups excluding tert-OH is 1. The molecule has 0 fully saturated rings. The van der Waals surface area contributed by atoms with Crippen LogP contribution in [0.3, 0.4) is 0 Å². The molecule has 1 aromatic carbocycles. The summed E-state index contributed by atoms with van der Waals surface area (Å²) in [6, 6.07) is 5.41. The molecule has 1 N–H and O–H groups in total. The number of esters is 1. The van der Waals surface area contributed by atoms with E-state index < -0.39 is 6.10 Å². The van der Waals surface area contributed by atoms with Gasteiger partial charge < -0.3 is 14.4 Å². The Bertz CT molecular complexity index is 692. The van der Waals surface area contributed by atoms with Crippen LogP contribution >= 0.6 is 11.6 Å². The van der Waals surface area contributed by atoms with Crippen molar-refractivity contribution in [1.82, 2.24) is 4.57 Å². The third-order valence-corrected chi connectivity index (χ3v) is 4.32. The fourth-order valence-corrected chi connectivity index (χ4v) is 3.22. The Morgan fingerprint density at radius 3 is 3.05 bits per heavy atom. The summed E-state index contributed by atoms with van der Waals surface area (Å²) in [5, 5.41) is 11.7. The summed E-state index contributed by atoms with van der Waals surface area (Å²) < 4.78 is 7.08. The molecule has 0 saturated carbocycles. The van der Waals surface area contributed by atoms with E-state index in [0.29, 0.717) is 17.3 Å². The second kappa shape index (κ2) is 5.70. The third kappa shape index (κ3) is 2.43. The van der Waals surface area contributed by atoms with Crippen LogP contribution in [0.4, 0.5) is 0 Å². The molecule has 0 spiro atoms. The highest BCUT2D eigenvalue weighted by molar-refractivity contribution is 6.35. The van der Waals surface area contributed by atoms with Crippen LogP contribution in [0.1, 0.15) is 48.3 Å². The van der Waals surface area contributed by atoms with E-state index in [9.17, 15) is 9.90 Å². The van der Waals surface area contributed by atoms with Crippen LogP contribution in [-0.2, 0) is 11.3 Å². The van der Waals surface area contributed by atoms with E-state index in [1.807, 2.05) is 10.6 Å². The first-order chi connectivity index (χ1) is 10.1. The summed E-state index contributed by atoms with van der Waals surface area (Å²) in [6.45, 7) is 2.86. The van der Waals surface area contributed by atoms with Gasteiger partial charge in [-0.3, -0.25) is 0 Å². The molecule has 1 atom stereocenters. The van der Waals surface area contributed by atoms with Crippen LogP contribution in [0.25, 0.3) is 10.9 Å². The minimum Gasteiger partial charge on any atom is -0.461 e. The fourth-order valence-electron chi connectivity index (χ4n) is 3.01. The van der Waals surface area contributed by atoms with Gasteiger partial charge in [0, 0.05) is 22.5 Å². The number of benzene rings is 1. The predicted molar refractivity (Wildman–Crippen MR) is 81.7 cm³/mol. The molecule has 1 aromatic heterocycles. The molecule has 0 radical (unpaired) electrons. The van der Waals surface area contributed by atoms with E-state index in [-0.39, 0.29) is 5.97 Å². The van der Waals surface area contributed by atoms with Crippen LogP contribution in [0.2, 0.25) is 5.02 Å². The first-order valence-electron chi connectivity index (χ1n) is 7.30. The van der Waals surface area contributed by atoms with Crippen LogP contribution in [0.5, 0.6) is 0 Å². The van der Waals surface area contributed by atoms with Gasteiger partial charge in [-0.15, -0.1) is 0 Å². The minimum atomic E-state index is -0.520. The highest BCUT2D eigenvalue weighted by atomic mass is 35.5. The van der Waals surface area contributed by atoms with E-state index in [4.69, 9.17) is 16.3 Å². The molecule has 4 nitrogen and oxygen atoms in total. The number of ether oxygens (including phenoxy) is 1. The monoisotopic (exact) mass is 307 g/mol. The van der Waals surface area contributed by atoms with Crippen LogP contribution in [-0.4, -0.2) is 22.2 Å². The number of aliphatic hydroxyl groups is 1. The van der Waals surface area contributed by atoms with Crippen molar-refractivity contribution in [3.63, 3.8) is 0 Å². The number of aryl methyl sites for hydroxylation is 1. The molecule has 21 heavy (non-hydrogen) atoms. The maximum Gasteiger partial charge on any atom is 0.354 e. The topological polar surface area (TPSA) is 51.5 Å². The number of rotatable bonds is 2. The summed E-state index contributed by atoms with van der Waals surface area (Å²) in [5.41, 5.74) is 2.21. The lowest BCUT2D eigenvalue weighted by molar-refractivity contribution is 0.0513. The lowest BCUT2D eigenvalue weighted by Crippen LogP contribution is -2.15. The second-order valence-electron chi connectivity index (χ2n) is 5.31. The lowest BCUT2D eigenvalue weighted by Gasteiger charge is -2.20. The van der Waals surface area contributed by atoms with Gasteiger partial charge in [0.2, 0.25) is 0 Å². The van der Waals surface area contributed by atoms with Crippen molar-refractivity contribution in [2.75, 3.05) is 6.61 Å². The molecular weight excluding hydrogens is 290 g/mol. The van der Waals surface area contributed by atoms with Crippen molar-refractivity contribution in [3.05, 3.63) is 34.5 Å². The lowest BCUT2D eigenvalue weighted by atomic mass is 10.00. The summed E-state index contributed by atoms with van der Waals surface area (Å²) >= 11 is 6.27. The van der Waals surface area contributed by atoms with Crippen LogP contribution < -0.4 is 0 Å². The van der Waals surface area contributed by atoms with Crippen molar-refractivity contribution >= 4 is 28.5 Å². The first-order valence-corrected chi connectivity index (χ1v) is 7.68. The molecule has 2 heterocycles. The number of hydrogen-bond donors (Lipinski definition) is 1. The van der Waals surface area contributed by atoms with Gasteiger partial charge in [0.15, 0.2) is 0 Å². The Balaban J connectivity index is 2.28. The molecular formula is C16H18ClNO3. The molecule has 5 heteroatoms. The maximum atomic E-state index is 12.2. The minimum absolute atomic E-state index is 0.337. The molecule has 1 unspecified atom stereocenters. The molecule has 2 aromatic rings. The van der Waals surface area contributed by atoms with Gasteiger partial charge in [-0.1, -0.05) is 17.7 Å². The molecule has 112 valence electrons. The van der Waals surface area contributed by atoms with Crippen LogP contribution in [0.15, 0.2) is 18.2 Å². The standard InChI is InChI=1S/C16H18ClNO3/c1-2-21-16(20)13-9-11-12(17)7-6-10-14(19)5-3-4-8-18(13)15(10)11/h6-7,9,14,19H,2-5,8H2,1H3. The first kappa shape index (κ1) is 14.4. The van der Waals surface area contributed by atoms with Crippen molar-refractivity contribution in [2.45, 2.75) is 38.8 Å². The number of carbonyl (C=O) groups is 1. The largest absolute Gasteiger partial charge is 0.461 e. The molecule has 0 saturated heterocycles. The summed E-state index contributed by atoms with van der Waals surface area (Å²) in [6.07, 6.45) is 2.05. The van der Waals surface area contributed by atoms with Crippen LogP contribution in [0, 0.1) is 0 Å². The predicted octanol–water partition coefficient (Wildman–Crippen LogP) is 3.69. The molecule has 3 rings (SSSR count). The summed E-state index contributed by atoms with van der Waals surface area (Å²) in [7, 11) is 0. The number of carbonyl (C=O) groups excluding carboxylic acids is 1. The number of hydrogen-bond acceptors (Lipinski definition) is 3. The normalized spacial score (nSPS) is 18.3. The second-order valence-corrected chi connectivity index (χ2v) is 5.72. The summed E-state index contributed by atoms with van der Waals surface area (Å²) in [4.78, 5) is 12.2. The average Bonchev–Trinajstić information content (AvgIpc) is 2.82. The molecule has 0 amide bonds. The molecule has 1 aliphatic heterocycles. The van der Waals surface area contributed by atoms with Gasteiger partial charge in [0.25, 0.3) is 0 Å². The Hall–Kier alpha value is -1.52. The maximum absolute atomic E-state index is 12.2. The van der Waals surface area contributed by atoms with E-state index in [1.54, 1.807) is 19.1 Å². The molecule has 0 bridgehead atoms. The quantitative estimate of drug-likeness (QED) is 0.861. The van der Waals surface area contributed by atoms with E-state index in [0.717, 1.165) is 42.3 Å². The van der Waals surface area contributed by atoms with Crippen molar-refractivity contribution in [3.8, 4) is 0 Å². The van der Waals surface area contributed by atoms with E-state index in [1.165, 1.54) is 0 Å². The Labute approximate surface area is 128 Å². The fraction of sp³-hybridized carbons (Fsp3) is 0.438. The van der Waals surface area contributed by atoms with Crippen molar-refractivity contribution < 1.29 is 14.6 Å². The number of aromatic nitrogens is 1. The molecule has 0 aliphatic carbocycles. The van der Waals surface area contributed by atoms with Crippen molar-refractivity contribution in [2.24, 2.45) is 0 Å².